The summed E-state index contributed by atoms with van der Waals surface area (Å²) in [5.41, 5.74) is 5.31. The molecular formula is C24H28ClN5O4. The van der Waals surface area contributed by atoms with Gasteiger partial charge in [-0.3, -0.25) is 14.5 Å². The van der Waals surface area contributed by atoms with Crippen molar-refractivity contribution in [2.24, 2.45) is 11.7 Å². The first-order valence-electron chi connectivity index (χ1n) is 11.2. The molecule has 10 heteroatoms. The van der Waals surface area contributed by atoms with Crippen LogP contribution in [0.1, 0.15) is 34.7 Å². The van der Waals surface area contributed by atoms with Gasteiger partial charge >= 0.3 is 6.09 Å². The maximum absolute atomic E-state index is 14.0. The molecule has 4 N–H and O–H groups in total. The number of nitrogens with two attached hydrogens (primary N) is 1. The van der Waals surface area contributed by atoms with E-state index in [1.165, 1.54) is 18.1 Å². The summed E-state index contributed by atoms with van der Waals surface area (Å²) in [5.74, 6) is -0.470. The van der Waals surface area contributed by atoms with Crippen LogP contribution in [0.3, 0.4) is 0 Å². The summed E-state index contributed by atoms with van der Waals surface area (Å²) in [6, 6.07) is 10.6. The molecular weight excluding hydrogens is 458 g/mol. The van der Waals surface area contributed by atoms with E-state index in [-0.39, 0.29) is 24.2 Å². The molecule has 2 fully saturated rings. The molecule has 3 heterocycles. The zero-order valence-corrected chi connectivity index (χ0v) is 19.7. The Bertz CT molecular complexity index is 1070. The van der Waals surface area contributed by atoms with Gasteiger partial charge in [0.25, 0.3) is 0 Å². The number of ketones is 1. The number of primary amides is 1. The van der Waals surface area contributed by atoms with Crippen LogP contribution in [0.5, 0.6) is 0 Å². The number of nitrogens with zero attached hydrogens (tertiary/aromatic N) is 3. The van der Waals surface area contributed by atoms with Crippen LogP contribution in [0.25, 0.3) is 0 Å². The fourth-order valence-corrected chi connectivity index (χ4v) is 5.30. The number of rotatable bonds is 6. The lowest BCUT2D eigenvalue weighted by molar-refractivity contribution is -0.134. The Morgan fingerprint density at radius 1 is 1.18 bits per heavy atom. The Morgan fingerprint density at radius 3 is 2.41 bits per heavy atom. The van der Waals surface area contributed by atoms with Crippen LogP contribution >= 0.6 is 11.6 Å². The molecule has 2 aliphatic rings. The number of nitrogens with one attached hydrogen (secondary N) is 1. The molecule has 0 radical (unpaired) electrons. The molecule has 0 saturated carbocycles. The molecule has 9 nitrogen and oxygen atoms in total. The summed E-state index contributed by atoms with van der Waals surface area (Å²) in [7, 11) is 1.48. The second-order valence-corrected chi connectivity index (χ2v) is 9.33. The Labute approximate surface area is 202 Å². The molecule has 4 rings (SSSR count). The van der Waals surface area contributed by atoms with E-state index in [0.717, 1.165) is 11.4 Å². The molecule has 2 atom stereocenters. The molecule has 180 valence electrons. The van der Waals surface area contributed by atoms with E-state index in [4.69, 9.17) is 17.3 Å². The molecule has 2 amide bonds. The highest BCUT2D eigenvalue weighted by atomic mass is 35.5. The number of carboxylic acid groups (broad SMARTS) is 1. The summed E-state index contributed by atoms with van der Waals surface area (Å²) < 4.78 is 0. The number of carbonyl (C=O) groups is 3. The van der Waals surface area contributed by atoms with Gasteiger partial charge in [-0.2, -0.15) is 0 Å². The molecule has 0 bridgehead atoms. The van der Waals surface area contributed by atoms with Crippen LogP contribution in [0, 0.1) is 5.92 Å². The highest BCUT2D eigenvalue weighted by molar-refractivity contribution is 6.30. The number of anilines is 1. The van der Waals surface area contributed by atoms with Crippen LogP contribution in [-0.2, 0) is 4.79 Å². The Morgan fingerprint density at radius 2 is 1.85 bits per heavy atom. The van der Waals surface area contributed by atoms with Crippen molar-refractivity contribution < 1.29 is 19.5 Å². The van der Waals surface area contributed by atoms with E-state index < -0.39 is 17.5 Å². The largest absolute Gasteiger partial charge is 0.465 e. The maximum atomic E-state index is 14.0. The van der Waals surface area contributed by atoms with Crippen LogP contribution in [0.15, 0.2) is 42.6 Å². The lowest BCUT2D eigenvalue weighted by Crippen LogP contribution is -2.61. The van der Waals surface area contributed by atoms with Crippen LogP contribution < -0.4 is 16.0 Å². The third-order valence-corrected chi connectivity index (χ3v) is 7.38. The number of halogens is 1. The van der Waals surface area contributed by atoms with Crippen LogP contribution in [0.4, 0.5) is 10.6 Å². The minimum atomic E-state index is -1.20. The molecule has 0 spiro atoms. The average Bonchev–Trinajstić information content (AvgIpc) is 3.29. The number of hydrogen-bond donors (Lipinski definition) is 3. The van der Waals surface area contributed by atoms with Crippen molar-refractivity contribution >= 4 is 35.2 Å². The van der Waals surface area contributed by atoms with Crippen LogP contribution in [0.2, 0.25) is 5.02 Å². The fraction of sp³-hybridized carbons (Fsp3) is 0.417. The number of pyridine rings is 1. The second kappa shape index (κ2) is 9.60. The highest BCUT2D eigenvalue weighted by Crippen LogP contribution is 2.41. The quantitative estimate of drug-likeness (QED) is 0.572. The number of piperidine rings is 1. The summed E-state index contributed by atoms with van der Waals surface area (Å²) in [4.78, 5) is 45.0. The normalized spacial score (nSPS) is 23.0. The Balaban J connectivity index is 1.55. The van der Waals surface area contributed by atoms with E-state index in [0.29, 0.717) is 43.1 Å². The van der Waals surface area contributed by atoms with Gasteiger partial charge in [0.05, 0.1) is 5.56 Å². The summed E-state index contributed by atoms with van der Waals surface area (Å²) >= 11 is 6.06. The SMILES string of the molecule is CN(C(=O)O)[C@]1(C(=O)C2CCN(c3ccc(C(N)=O)cn3)CC2)CNC[C@H]1c1ccc(Cl)cc1. The predicted octanol–water partition coefficient (Wildman–Crippen LogP) is 2.35. The Hall–Kier alpha value is -3.17. The van der Waals surface area contributed by atoms with Crippen molar-refractivity contribution in [1.82, 2.24) is 15.2 Å². The van der Waals surface area contributed by atoms with Crippen molar-refractivity contribution in [2.75, 3.05) is 38.1 Å². The molecule has 0 aliphatic carbocycles. The van der Waals surface area contributed by atoms with Gasteiger partial charge in [-0.05, 0) is 42.7 Å². The smallest absolute Gasteiger partial charge is 0.407 e. The number of likely N-dealkylation sites (N-methyl/N-ethyl adjacent to an activating group) is 1. The standard InChI is InChI=1S/C24H28ClN5O4/c1-29(23(33)34)24(14-27-13-19(24)15-2-5-18(25)6-3-15)21(31)16-8-10-30(11-9-16)20-7-4-17(12-28-20)22(26)32/h2-7,12,16,19,27H,8-11,13-14H2,1H3,(H2,26,32)(H,33,34)/t19-,24+/m0/s1. The van der Waals surface area contributed by atoms with Crippen molar-refractivity contribution in [3.05, 3.63) is 58.7 Å². The van der Waals surface area contributed by atoms with E-state index in [1.54, 1.807) is 24.3 Å². The number of benzene rings is 1. The zero-order chi connectivity index (χ0) is 24.5. The number of hydrogen-bond acceptors (Lipinski definition) is 6. The van der Waals surface area contributed by atoms with E-state index in [2.05, 4.69) is 15.2 Å². The minimum Gasteiger partial charge on any atom is -0.465 e. The van der Waals surface area contributed by atoms with Crippen molar-refractivity contribution in [3.63, 3.8) is 0 Å². The van der Waals surface area contributed by atoms with E-state index >= 15 is 0 Å². The third-order valence-electron chi connectivity index (χ3n) is 7.13. The third kappa shape index (κ3) is 4.33. The van der Waals surface area contributed by atoms with Crippen molar-refractivity contribution in [1.29, 1.82) is 0 Å². The first-order chi connectivity index (χ1) is 16.2. The number of Topliss-reactive ketones (excluding diaryl/α,β-unsaturated/α-hetero) is 1. The summed E-state index contributed by atoms with van der Waals surface area (Å²) in [5, 5.41) is 13.7. The lowest BCUT2D eigenvalue weighted by Gasteiger charge is -2.43. The van der Waals surface area contributed by atoms with Gasteiger partial charge in [0.2, 0.25) is 5.91 Å². The van der Waals surface area contributed by atoms with Gasteiger partial charge in [0.15, 0.2) is 5.78 Å². The molecule has 0 unspecified atom stereocenters. The molecule has 2 aromatic rings. The van der Waals surface area contributed by atoms with Crippen molar-refractivity contribution in [3.8, 4) is 0 Å². The van der Waals surface area contributed by atoms with Crippen LogP contribution in [-0.4, -0.2) is 71.5 Å². The minimum absolute atomic E-state index is 0.0564. The monoisotopic (exact) mass is 485 g/mol. The molecule has 34 heavy (non-hydrogen) atoms. The molecule has 2 saturated heterocycles. The maximum Gasteiger partial charge on any atom is 0.407 e. The average molecular weight is 486 g/mol. The van der Waals surface area contributed by atoms with Gasteiger partial charge < -0.3 is 21.1 Å². The lowest BCUT2D eigenvalue weighted by atomic mass is 9.72. The zero-order valence-electron chi connectivity index (χ0n) is 18.9. The summed E-state index contributed by atoms with van der Waals surface area (Å²) in [6.45, 7) is 1.97. The second-order valence-electron chi connectivity index (χ2n) is 8.90. The van der Waals surface area contributed by atoms with Crippen molar-refractivity contribution in [2.45, 2.75) is 24.3 Å². The topological polar surface area (TPSA) is 129 Å². The molecule has 2 aliphatic heterocycles. The van der Waals surface area contributed by atoms with Gasteiger partial charge in [-0.1, -0.05) is 23.7 Å². The first kappa shape index (κ1) is 24.0. The van der Waals surface area contributed by atoms with E-state index in [1.807, 2.05) is 12.1 Å². The molecule has 1 aromatic heterocycles. The molecule has 1 aromatic carbocycles. The number of carbonyl (C=O) groups excluding carboxylic acids is 2. The first-order valence-corrected chi connectivity index (χ1v) is 11.6. The van der Waals surface area contributed by atoms with Gasteiger partial charge in [0, 0.05) is 56.3 Å². The Kier molecular flexibility index (Phi) is 6.77. The predicted molar refractivity (Wildman–Crippen MR) is 128 cm³/mol. The van der Waals surface area contributed by atoms with Gasteiger partial charge in [0.1, 0.15) is 11.4 Å². The fourth-order valence-electron chi connectivity index (χ4n) is 5.18. The highest BCUT2D eigenvalue weighted by Gasteiger charge is 2.56. The van der Waals surface area contributed by atoms with Gasteiger partial charge in [-0.25, -0.2) is 9.78 Å². The van der Waals surface area contributed by atoms with E-state index in [9.17, 15) is 19.5 Å². The number of amides is 2. The summed E-state index contributed by atoms with van der Waals surface area (Å²) in [6.07, 6.45) is 1.49. The number of aromatic nitrogens is 1. The van der Waals surface area contributed by atoms with Gasteiger partial charge in [-0.15, -0.1) is 0 Å².